The summed E-state index contributed by atoms with van der Waals surface area (Å²) in [6.07, 6.45) is 3.97. The fraction of sp³-hybridized carbons (Fsp3) is 0.846. The number of carbonyl (C=O) groups is 2. The number of aliphatic carboxylic acids is 1. The number of hydrogen-bond donors (Lipinski definition) is 2. The molecule has 0 aliphatic heterocycles. The summed E-state index contributed by atoms with van der Waals surface area (Å²) >= 11 is 0. The molecule has 4 heteroatoms. The summed E-state index contributed by atoms with van der Waals surface area (Å²) in [6.45, 7) is 5.04. The van der Waals surface area contributed by atoms with Crippen LogP contribution in [0.5, 0.6) is 0 Å². The first-order valence-corrected chi connectivity index (χ1v) is 6.51. The number of carboxylic acids is 1. The van der Waals surface area contributed by atoms with Crippen LogP contribution in [-0.4, -0.2) is 23.5 Å². The molecule has 2 atom stereocenters. The van der Waals surface area contributed by atoms with Crippen molar-refractivity contribution in [2.45, 2.75) is 46.0 Å². The van der Waals surface area contributed by atoms with Gasteiger partial charge in [-0.1, -0.05) is 13.8 Å². The van der Waals surface area contributed by atoms with E-state index in [9.17, 15) is 9.59 Å². The zero-order valence-electron chi connectivity index (χ0n) is 10.7. The van der Waals surface area contributed by atoms with Gasteiger partial charge >= 0.3 is 5.97 Å². The SMILES string of the molecule is CC(C)CCCNC(=O)C1CCC(C(=O)O)C1. The Labute approximate surface area is 103 Å². The number of carbonyl (C=O) groups excluding carboxylic acids is 1. The molecular weight excluding hydrogens is 218 g/mol. The Hall–Kier alpha value is -1.06. The molecule has 1 aliphatic carbocycles. The van der Waals surface area contributed by atoms with E-state index in [-0.39, 0.29) is 17.7 Å². The predicted octanol–water partition coefficient (Wildman–Crippen LogP) is 2.04. The highest BCUT2D eigenvalue weighted by molar-refractivity contribution is 5.80. The number of nitrogens with one attached hydrogen (secondary N) is 1. The summed E-state index contributed by atoms with van der Waals surface area (Å²) in [7, 11) is 0. The van der Waals surface area contributed by atoms with Crippen LogP contribution in [0.1, 0.15) is 46.0 Å². The van der Waals surface area contributed by atoms with Gasteiger partial charge in [0.15, 0.2) is 0 Å². The van der Waals surface area contributed by atoms with E-state index in [1.807, 2.05) is 0 Å². The van der Waals surface area contributed by atoms with Gasteiger partial charge in [0.05, 0.1) is 5.92 Å². The molecule has 2 N–H and O–H groups in total. The molecule has 17 heavy (non-hydrogen) atoms. The Bertz CT molecular complexity index is 276. The second kappa shape index (κ2) is 6.62. The summed E-state index contributed by atoms with van der Waals surface area (Å²) in [5, 5.41) is 11.8. The Morgan fingerprint density at radius 3 is 2.47 bits per heavy atom. The van der Waals surface area contributed by atoms with Crippen molar-refractivity contribution in [2.75, 3.05) is 6.54 Å². The topological polar surface area (TPSA) is 66.4 Å². The number of amides is 1. The molecular formula is C13H23NO3. The van der Waals surface area contributed by atoms with Gasteiger partial charge in [-0.2, -0.15) is 0 Å². The highest BCUT2D eigenvalue weighted by Crippen LogP contribution is 2.31. The van der Waals surface area contributed by atoms with E-state index in [2.05, 4.69) is 19.2 Å². The van der Waals surface area contributed by atoms with Gasteiger partial charge in [-0.05, 0) is 38.0 Å². The first-order chi connectivity index (χ1) is 8.00. The number of carboxylic acid groups (broad SMARTS) is 1. The van der Waals surface area contributed by atoms with Crippen LogP contribution in [0.2, 0.25) is 0 Å². The number of hydrogen-bond acceptors (Lipinski definition) is 2. The zero-order valence-corrected chi connectivity index (χ0v) is 10.7. The fourth-order valence-electron chi connectivity index (χ4n) is 2.31. The van der Waals surface area contributed by atoms with Crippen LogP contribution < -0.4 is 5.32 Å². The van der Waals surface area contributed by atoms with E-state index < -0.39 is 5.97 Å². The molecule has 0 aromatic heterocycles. The zero-order chi connectivity index (χ0) is 12.8. The Kier molecular flexibility index (Phi) is 5.45. The minimum absolute atomic E-state index is 0.0394. The van der Waals surface area contributed by atoms with Crippen molar-refractivity contribution in [1.29, 1.82) is 0 Å². The van der Waals surface area contributed by atoms with Gasteiger partial charge in [-0.3, -0.25) is 9.59 Å². The Balaban J connectivity index is 2.19. The average molecular weight is 241 g/mol. The predicted molar refractivity (Wildman–Crippen MR) is 65.5 cm³/mol. The molecule has 0 saturated heterocycles. The number of rotatable bonds is 6. The maximum absolute atomic E-state index is 11.8. The third-order valence-electron chi connectivity index (χ3n) is 3.41. The Morgan fingerprint density at radius 1 is 1.29 bits per heavy atom. The van der Waals surface area contributed by atoms with Gasteiger partial charge in [0, 0.05) is 12.5 Å². The molecule has 1 rings (SSSR count). The van der Waals surface area contributed by atoms with Gasteiger partial charge in [0.2, 0.25) is 5.91 Å². The molecule has 4 nitrogen and oxygen atoms in total. The van der Waals surface area contributed by atoms with Crippen molar-refractivity contribution in [3.63, 3.8) is 0 Å². The third-order valence-corrected chi connectivity index (χ3v) is 3.41. The van der Waals surface area contributed by atoms with Crippen LogP contribution in [0.25, 0.3) is 0 Å². The lowest BCUT2D eigenvalue weighted by atomic mass is 10.0. The van der Waals surface area contributed by atoms with Gasteiger partial charge in [0.1, 0.15) is 0 Å². The fourth-order valence-corrected chi connectivity index (χ4v) is 2.31. The van der Waals surface area contributed by atoms with Crippen LogP contribution in [0.4, 0.5) is 0 Å². The van der Waals surface area contributed by atoms with Crippen molar-refractivity contribution in [1.82, 2.24) is 5.32 Å². The van der Waals surface area contributed by atoms with Crippen molar-refractivity contribution in [3.8, 4) is 0 Å². The summed E-state index contributed by atoms with van der Waals surface area (Å²) in [4.78, 5) is 22.5. The van der Waals surface area contributed by atoms with Gasteiger partial charge in [-0.15, -0.1) is 0 Å². The molecule has 0 spiro atoms. The van der Waals surface area contributed by atoms with Crippen LogP contribution in [-0.2, 0) is 9.59 Å². The second-order valence-electron chi connectivity index (χ2n) is 5.37. The summed E-state index contributed by atoms with van der Waals surface area (Å²) < 4.78 is 0. The van der Waals surface area contributed by atoms with E-state index >= 15 is 0 Å². The standard InChI is InChI=1S/C13H23NO3/c1-9(2)4-3-7-14-12(15)10-5-6-11(8-10)13(16)17/h9-11H,3-8H2,1-2H3,(H,14,15)(H,16,17). The van der Waals surface area contributed by atoms with E-state index in [0.717, 1.165) is 12.8 Å². The summed E-state index contributed by atoms with van der Waals surface area (Å²) in [5.41, 5.74) is 0. The van der Waals surface area contributed by atoms with Crippen LogP contribution in [0.3, 0.4) is 0 Å². The van der Waals surface area contributed by atoms with Gasteiger partial charge in [-0.25, -0.2) is 0 Å². The van der Waals surface area contributed by atoms with E-state index in [0.29, 0.717) is 31.7 Å². The third kappa shape index (κ3) is 4.75. The smallest absolute Gasteiger partial charge is 0.306 e. The quantitative estimate of drug-likeness (QED) is 0.699. The largest absolute Gasteiger partial charge is 0.481 e. The van der Waals surface area contributed by atoms with Gasteiger partial charge in [0.25, 0.3) is 0 Å². The second-order valence-corrected chi connectivity index (χ2v) is 5.37. The average Bonchev–Trinajstić information content (AvgIpc) is 2.73. The lowest BCUT2D eigenvalue weighted by Crippen LogP contribution is -2.30. The molecule has 98 valence electrons. The van der Waals surface area contributed by atoms with Crippen LogP contribution >= 0.6 is 0 Å². The molecule has 0 aromatic rings. The maximum atomic E-state index is 11.8. The lowest BCUT2D eigenvalue weighted by molar-refractivity contribution is -0.141. The molecule has 1 aliphatic rings. The van der Waals surface area contributed by atoms with E-state index in [1.165, 1.54) is 0 Å². The van der Waals surface area contributed by atoms with E-state index in [1.54, 1.807) is 0 Å². The molecule has 0 heterocycles. The van der Waals surface area contributed by atoms with Gasteiger partial charge < -0.3 is 10.4 Å². The van der Waals surface area contributed by atoms with Crippen LogP contribution in [0, 0.1) is 17.8 Å². The summed E-state index contributed by atoms with van der Waals surface area (Å²) in [5.74, 6) is -0.469. The molecule has 1 amide bonds. The molecule has 1 fully saturated rings. The maximum Gasteiger partial charge on any atom is 0.306 e. The molecule has 2 unspecified atom stereocenters. The summed E-state index contributed by atoms with van der Waals surface area (Å²) in [6, 6.07) is 0. The highest BCUT2D eigenvalue weighted by atomic mass is 16.4. The molecule has 0 radical (unpaired) electrons. The lowest BCUT2D eigenvalue weighted by Gasteiger charge is -2.11. The molecule has 0 bridgehead atoms. The minimum Gasteiger partial charge on any atom is -0.481 e. The first kappa shape index (κ1) is 14.0. The highest BCUT2D eigenvalue weighted by Gasteiger charge is 2.33. The van der Waals surface area contributed by atoms with Crippen LogP contribution in [0.15, 0.2) is 0 Å². The van der Waals surface area contributed by atoms with Crippen molar-refractivity contribution < 1.29 is 14.7 Å². The Morgan fingerprint density at radius 2 is 1.94 bits per heavy atom. The van der Waals surface area contributed by atoms with Crippen molar-refractivity contribution in [3.05, 3.63) is 0 Å². The van der Waals surface area contributed by atoms with E-state index in [4.69, 9.17) is 5.11 Å². The minimum atomic E-state index is -0.764. The first-order valence-electron chi connectivity index (χ1n) is 6.51. The van der Waals surface area contributed by atoms with Crippen molar-refractivity contribution in [2.24, 2.45) is 17.8 Å². The molecule has 1 saturated carbocycles. The normalized spacial score (nSPS) is 23.9. The van der Waals surface area contributed by atoms with Crippen molar-refractivity contribution >= 4 is 11.9 Å². The molecule has 0 aromatic carbocycles. The monoisotopic (exact) mass is 241 g/mol.